The molecule has 130 valence electrons. The summed E-state index contributed by atoms with van der Waals surface area (Å²) >= 11 is 0. The molecule has 2 heteroatoms. The number of aryl methyl sites for hydroxylation is 2. The average molecular weight is 349 g/mol. The molecule has 0 unspecified atom stereocenters. The largest absolute Gasteiger partial charge is 0.344 e. The number of benzene rings is 3. The van der Waals surface area contributed by atoms with Crippen LogP contribution in [-0.2, 0) is 14.1 Å². The first kappa shape index (κ1) is 15.8. The molecule has 2 heterocycles. The van der Waals surface area contributed by atoms with E-state index in [0.29, 0.717) is 0 Å². The van der Waals surface area contributed by atoms with Gasteiger partial charge in [-0.25, -0.2) is 4.57 Å². The Balaban J connectivity index is 1.63. The molecule has 0 spiro atoms. The second-order valence-electron chi connectivity index (χ2n) is 7.09. The third-order valence-corrected chi connectivity index (χ3v) is 5.47. The predicted molar refractivity (Wildman–Crippen MR) is 114 cm³/mol. The predicted octanol–water partition coefficient (Wildman–Crippen LogP) is 5.48. The molecule has 0 atom stereocenters. The number of hydrogen-bond acceptors (Lipinski definition) is 0. The van der Waals surface area contributed by atoms with Gasteiger partial charge < -0.3 is 4.57 Å². The fraction of sp³-hybridized carbons (Fsp3) is 0.0800. The lowest BCUT2D eigenvalue weighted by atomic mass is 10.1. The maximum absolute atomic E-state index is 2.29. The molecule has 5 rings (SSSR count). The Kier molecular flexibility index (Phi) is 3.58. The lowest BCUT2D eigenvalue weighted by Crippen LogP contribution is -2.28. The monoisotopic (exact) mass is 349 g/mol. The summed E-state index contributed by atoms with van der Waals surface area (Å²) in [4.78, 5) is 0. The highest BCUT2D eigenvalue weighted by molar-refractivity contribution is 6.08. The zero-order chi connectivity index (χ0) is 18.4. The molecular formula is C25H21N2+. The lowest BCUT2D eigenvalue weighted by molar-refractivity contribution is -0.644. The maximum atomic E-state index is 2.29. The van der Waals surface area contributed by atoms with Crippen molar-refractivity contribution < 1.29 is 4.57 Å². The molecule has 5 aromatic rings. The van der Waals surface area contributed by atoms with E-state index in [1.54, 1.807) is 0 Å². The van der Waals surface area contributed by atoms with E-state index in [1.165, 1.54) is 43.8 Å². The van der Waals surface area contributed by atoms with Crippen LogP contribution in [0.3, 0.4) is 0 Å². The van der Waals surface area contributed by atoms with Crippen molar-refractivity contribution in [2.45, 2.75) is 0 Å². The summed E-state index contributed by atoms with van der Waals surface area (Å²) in [6.45, 7) is 0. The van der Waals surface area contributed by atoms with E-state index in [9.17, 15) is 0 Å². The molecule has 2 aromatic heterocycles. The maximum Gasteiger partial charge on any atom is 0.212 e. The van der Waals surface area contributed by atoms with Gasteiger partial charge in [-0.15, -0.1) is 0 Å². The van der Waals surface area contributed by atoms with Gasteiger partial charge in [0.15, 0.2) is 6.20 Å². The second-order valence-corrected chi connectivity index (χ2v) is 7.09. The minimum Gasteiger partial charge on any atom is -0.344 e. The van der Waals surface area contributed by atoms with Crippen LogP contribution in [0.4, 0.5) is 0 Å². The summed E-state index contributed by atoms with van der Waals surface area (Å²) < 4.78 is 4.43. The van der Waals surface area contributed by atoms with E-state index in [4.69, 9.17) is 0 Å². The Morgan fingerprint density at radius 3 is 2.37 bits per heavy atom. The first-order valence-electron chi connectivity index (χ1n) is 9.25. The zero-order valence-corrected chi connectivity index (χ0v) is 15.6. The van der Waals surface area contributed by atoms with Gasteiger partial charge in [0, 0.05) is 41.0 Å². The Morgan fingerprint density at radius 2 is 1.48 bits per heavy atom. The molecule has 0 saturated carbocycles. The third-order valence-electron chi connectivity index (χ3n) is 5.47. The molecule has 2 nitrogen and oxygen atoms in total. The highest BCUT2D eigenvalue weighted by Gasteiger charge is 2.08. The highest BCUT2D eigenvalue weighted by atomic mass is 14.9. The van der Waals surface area contributed by atoms with E-state index < -0.39 is 0 Å². The van der Waals surface area contributed by atoms with Crippen molar-refractivity contribution in [2.75, 3.05) is 0 Å². The summed E-state index contributed by atoms with van der Waals surface area (Å²) in [5.74, 6) is 0. The van der Waals surface area contributed by atoms with E-state index in [2.05, 4.69) is 114 Å². The van der Waals surface area contributed by atoms with Gasteiger partial charge >= 0.3 is 0 Å². The van der Waals surface area contributed by atoms with Gasteiger partial charge in [-0.3, -0.25) is 0 Å². The molecule has 27 heavy (non-hydrogen) atoms. The number of aromatic nitrogens is 2. The van der Waals surface area contributed by atoms with Gasteiger partial charge in [-0.05, 0) is 35.4 Å². The van der Waals surface area contributed by atoms with Crippen LogP contribution in [0.15, 0.2) is 79.0 Å². The van der Waals surface area contributed by atoms with Crippen molar-refractivity contribution in [3.05, 3.63) is 90.1 Å². The molecule has 0 aliphatic heterocycles. The molecule has 0 bridgehead atoms. The SMILES string of the molecule is Cn1c2ccccc2c2cc(/C=C/c3cc[n+](C)c4ccccc34)ccc21. The molecule has 0 N–H and O–H groups in total. The second kappa shape index (κ2) is 6.10. The Bertz CT molecular complexity index is 1340. The number of pyridine rings is 1. The molecule has 0 aliphatic carbocycles. The smallest absolute Gasteiger partial charge is 0.212 e. The van der Waals surface area contributed by atoms with Gasteiger partial charge in [0.25, 0.3) is 0 Å². The zero-order valence-electron chi connectivity index (χ0n) is 15.6. The van der Waals surface area contributed by atoms with Crippen molar-refractivity contribution in [1.82, 2.24) is 4.57 Å². The van der Waals surface area contributed by atoms with Crippen LogP contribution in [0.2, 0.25) is 0 Å². The molecule has 0 amide bonds. The summed E-state index contributed by atoms with van der Waals surface area (Å²) in [5.41, 5.74) is 6.24. The number of hydrogen-bond donors (Lipinski definition) is 0. The van der Waals surface area contributed by atoms with Gasteiger partial charge in [0.1, 0.15) is 7.05 Å². The number of fused-ring (bicyclic) bond motifs is 4. The Morgan fingerprint density at radius 1 is 0.741 bits per heavy atom. The van der Waals surface area contributed by atoms with Crippen LogP contribution >= 0.6 is 0 Å². The molecule has 0 saturated heterocycles. The van der Waals surface area contributed by atoms with Crippen LogP contribution in [0.1, 0.15) is 11.1 Å². The lowest BCUT2D eigenvalue weighted by Gasteiger charge is -2.01. The van der Waals surface area contributed by atoms with E-state index in [-0.39, 0.29) is 0 Å². The summed E-state index contributed by atoms with van der Waals surface area (Å²) in [6, 6.07) is 26.0. The summed E-state index contributed by atoms with van der Waals surface area (Å²) in [6.07, 6.45) is 6.55. The summed E-state index contributed by atoms with van der Waals surface area (Å²) in [5, 5.41) is 3.88. The number of nitrogens with zero attached hydrogens (tertiary/aromatic N) is 2. The Labute approximate surface area is 158 Å². The van der Waals surface area contributed by atoms with Crippen molar-refractivity contribution in [2.24, 2.45) is 14.1 Å². The van der Waals surface area contributed by atoms with E-state index in [0.717, 1.165) is 0 Å². The first-order chi connectivity index (χ1) is 13.2. The molecule has 0 radical (unpaired) electrons. The van der Waals surface area contributed by atoms with Crippen LogP contribution < -0.4 is 4.57 Å². The standard InChI is InChI=1S/C25H21N2/c1-26-16-15-19(20-7-3-5-9-23(20)26)13-11-18-12-14-25-22(17-18)21-8-4-6-10-24(21)27(25)2/h3-17H,1-2H3/q+1. The highest BCUT2D eigenvalue weighted by Crippen LogP contribution is 2.29. The van der Waals surface area contributed by atoms with Gasteiger partial charge in [-0.1, -0.05) is 48.6 Å². The van der Waals surface area contributed by atoms with Crippen LogP contribution in [-0.4, -0.2) is 4.57 Å². The fourth-order valence-corrected chi connectivity index (χ4v) is 4.01. The van der Waals surface area contributed by atoms with E-state index >= 15 is 0 Å². The number of rotatable bonds is 2. The molecule has 3 aromatic carbocycles. The minimum absolute atomic E-state index is 1.22. The van der Waals surface area contributed by atoms with Crippen LogP contribution in [0.25, 0.3) is 44.9 Å². The molecule has 0 aliphatic rings. The van der Waals surface area contributed by atoms with Crippen molar-refractivity contribution >= 4 is 44.9 Å². The number of para-hydroxylation sites is 2. The average Bonchev–Trinajstić information content (AvgIpc) is 3.00. The van der Waals surface area contributed by atoms with E-state index in [1.807, 2.05) is 0 Å². The van der Waals surface area contributed by atoms with Crippen LogP contribution in [0, 0.1) is 0 Å². The fourth-order valence-electron chi connectivity index (χ4n) is 4.01. The van der Waals surface area contributed by atoms with Crippen molar-refractivity contribution in [3.8, 4) is 0 Å². The van der Waals surface area contributed by atoms with Gasteiger partial charge in [0.2, 0.25) is 5.52 Å². The summed E-state index contributed by atoms with van der Waals surface area (Å²) in [7, 11) is 4.22. The minimum atomic E-state index is 1.22. The Hall–Kier alpha value is -3.39. The topological polar surface area (TPSA) is 8.81 Å². The van der Waals surface area contributed by atoms with Crippen molar-refractivity contribution in [1.29, 1.82) is 0 Å². The van der Waals surface area contributed by atoms with Gasteiger partial charge in [0.05, 0.1) is 5.39 Å². The first-order valence-corrected chi connectivity index (χ1v) is 9.25. The molecule has 0 fully saturated rings. The van der Waals surface area contributed by atoms with Crippen molar-refractivity contribution in [3.63, 3.8) is 0 Å². The quantitative estimate of drug-likeness (QED) is 0.373. The van der Waals surface area contributed by atoms with Gasteiger partial charge in [-0.2, -0.15) is 0 Å². The molecular weight excluding hydrogens is 328 g/mol. The van der Waals surface area contributed by atoms with Crippen LogP contribution in [0.5, 0.6) is 0 Å². The third kappa shape index (κ3) is 2.53. The normalized spacial score (nSPS) is 11.9.